The summed E-state index contributed by atoms with van der Waals surface area (Å²) in [6.45, 7) is 5.51. The Morgan fingerprint density at radius 1 is 0.781 bits per heavy atom. The van der Waals surface area contributed by atoms with Gasteiger partial charge in [-0.2, -0.15) is 0 Å². The molecule has 0 unspecified atom stereocenters. The van der Waals surface area contributed by atoms with Crippen molar-refractivity contribution >= 4 is 34.8 Å². The lowest BCUT2D eigenvalue weighted by Crippen LogP contribution is -2.48. The Bertz CT molecular complexity index is 981. The summed E-state index contributed by atoms with van der Waals surface area (Å²) >= 11 is 12.1. The summed E-state index contributed by atoms with van der Waals surface area (Å²) in [7, 11) is 0. The number of rotatable bonds is 3. The number of carbonyl (C=O) groups is 1. The largest absolute Gasteiger partial charge is 0.368 e. The number of anilines is 1. The topological polar surface area (TPSA) is 26.8 Å². The Morgan fingerprint density at radius 2 is 1.50 bits per heavy atom. The first-order valence-electron chi connectivity index (χ1n) is 11.9. The van der Waals surface area contributed by atoms with Crippen LogP contribution in [-0.2, 0) is 12.8 Å². The van der Waals surface area contributed by atoms with E-state index in [2.05, 4.69) is 28.0 Å². The van der Waals surface area contributed by atoms with Crippen LogP contribution in [0.1, 0.15) is 47.2 Å². The van der Waals surface area contributed by atoms with E-state index in [1.165, 1.54) is 55.6 Å². The summed E-state index contributed by atoms with van der Waals surface area (Å²) in [4.78, 5) is 19.9. The molecule has 1 saturated heterocycles. The van der Waals surface area contributed by atoms with Crippen LogP contribution in [0.4, 0.5) is 5.69 Å². The van der Waals surface area contributed by atoms with E-state index in [9.17, 15) is 4.79 Å². The molecule has 0 atom stereocenters. The zero-order valence-electron chi connectivity index (χ0n) is 18.5. The number of halogens is 2. The summed E-state index contributed by atoms with van der Waals surface area (Å²) in [5, 5.41) is 0.898. The Morgan fingerprint density at radius 3 is 2.22 bits per heavy atom. The monoisotopic (exact) mass is 471 g/mol. The highest BCUT2D eigenvalue weighted by Gasteiger charge is 2.26. The van der Waals surface area contributed by atoms with Crippen molar-refractivity contribution in [3.63, 3.8) is 0 Å². The molecule has 0 aromatic heterocycles. The summed E-state index contributed by atoms with van der Waals surface area (Å²) in [6, 6.07) is 13.0. The van der Waals surface area contributed by atoms with Crippen LogP contribution in [0.15, 0.2) is 36.4 Å². The van der Waals surface area contributed by atoms with E-state index in [4.69, 9.17) is 23.2 Å². The quantitative estimate of drug-likeness (QED) is 0.607. The van der Waals surface area contributed by atoms with Gasteiger partial charge < -0.3 is 9.80 Å². The molecule has 170 valence electrons. The van der Waals surface area contributed by atoms with E-state index in [0.717, 1.165) is 32.0 Å². The third-order valence-electron chi connectivity index (χ3n) is 7.47. The van der Waals surface area contributed by atoms with Crippen molar-refractivity contribution in [2.24, 2.45) is 0 Å². The zero-order valence-corrected chi connectivity index (χ0v) is 20.0. The van der Waals surface area contributed by atoms with Crippen molar-refractivity contribution < 1.29 is 4.79 Å². The molecule has 2 aliphatic heterocycles. The zero-order chi connectivity index (χ0) is 22.1. The van der Waals surface area contributed by atoms with Crippen LogP contribution in [0, 0.1) is 0 Å². The lowest BCUT2D eigenvalue weighted by molar-refractivity contribution is 0.0747. The SMILES string of the molecule is O=C(c1ccc(Cl)c(Cl)c1)N1CCN(c2ccc3c(c2)CCN(C2CCCC2)CC3)CC1. The van der Waals surface area contributed by atoms with Crippen LogP contribution < -0.4 is 4.90 Å². The van der Waals surface area contributed by atoms with Crippen molar-refractivity contribution in [1.82, 2.24) is 9.80 Å². The molecule has 0 spiro atoms. The molecule has 3 aliphatic rings. The minimum absolute atomic E-state index is 0.0251. The van der Waals surface area contributed by atoms with Gasteiger partial charge in [-0.1, -0.05) is 42.1 Å². The molecule has 1 amide bonds. The standard InChI is InChI=1S/C26H31Cl2N3O/c27-24-8-6-21(18-25(24)28)26(32)31-15-13-30(14-16-31)23-7-5-19-9-11-29(12-10-20(19)17-23)22-3-1-2-4-22/h5-8,17-18,22H,1-4,9-16H2. The number of carbonyl (C=O) groups excluding carboxylic acids is 1. The Hall–Kier alpha value is -1.75. The fourth-order valence-corrected chi connectivity index (χ4v) is 5.84. The van der Waals surface area contributed by atoms with E-state index in [-0.39, 0.29) is 5.91 Å². The molecule has 6 heteroatoms. The molecule has 0 radical (unpaired) electrons. The first kappa shape index (κ1) is 22.1. The van der Waals surface area contributed by atoms with Crippen LogP contribution in [0.25, 0.3) is 0 Å². The molecule has 5 rings (SSSR count). The highest BCUT2D eigenvalue weighted by atomic mass is 35.5. The van der Waals surface area contributed by atoms with Crippen molar-refractivity contribution in [2.75, 3.05) is 44.2 Å². The summed E-state index contributed by atoms with van der Waals surface area (Å²) < 4.78 is 0. The molecule has 1 aliphatic carbocycles. The van der Waals surface area contributed by atoms with Crippen molar-refractivity contribution in [3.05, 3.63) is 63.1 Å². The smallest absolute Gasteiger partial charge is 0.254 e. The molecule has 2 fully saturated rings. The van der Waals surface area contributed by atoms with Gasteiger partial charge in [0.15, 0.2) is 0 Å². The number of nitrogens with zero attached hydrogens (tertiary/aromatic N) is 3. The first-order chi connectivity index (χ1) is 15.6. The highest BCUT2D eigenvalue weighted by molar-refractivity contribution is 6.42. The predicted octanol–water partition coefficient (Wildman–Crippen LogP) is 5.30. The maximum absolute atomic E-state index is 12.9. The van der Waals surface area contributed by atoms with Gasteiger partial charge >= 0.3 is 0 Å². The van der Waals surface area contributed by atoms with Gasteiger partial charge in [0.05, 0.1) is 10.0 Å². The van der Waals surface area contributed by atoms with Crippen LogP contribution in [-0.4, -0.2) is 61.0 Å². The molecule has 0 bridgehead atoms. The number of fused-ring (bicyclic) bond motifs is 1. The van der Waals surface area contributed by atoms with Gasteiger partial charge in [-0.3, -0.25) is 9.69 Å². The lowest BCUT2D eigenvalue weighted by Gasteiger charge is -2.36. The lowest BCUT2D eigenvalue weighted by atomic mass is 10.0. The average molecular weight is 472 g/mol. The van der Waals surface area contributed by atoms with Gasteiger partial charge in [-0.15, -0.1) is 0 Å². The van der Waals surface area contributed by atoms with Gasteiger partial charge in [-0.25, -0.2) is 0 Å². The van der Waals surface area contributed by atoms with Gasteiger partial charge in [0.25, 0.3) is 5.91 Å². The second-order valence-electron chi connectivity index (χ2n) is 9.34. The van der Waals surface area contributed by atoms with E-state index in [1.807, 2.05) is 4.90 Å². The fraction of sp³-hybridized carbons (Fsp3) is 0.500. The van der Waals surface area contributed by atoms with Gasteiger partial charge in [0.2, 0.25) is 0 Å². The second-order valence-corrected chi connectivity index (χ2v) is 10.1. The van der Waals surface area contributed by atoms with Crippen LogP contribution in [0.2, 0.25) is 10.0 Å². The predicted molar refractivity (Wildman–Crippen MR) is 132 cm³/mol. The normalized spacial score (nSPS) is 20.3. The molecule has 2 aromatic carbocycles. The summed E-state index contributed by atoms with van der Waals surface area (Å²) in [5.74, 6) is 0.0251. The second kappa shape index (κ2) is 9.62. The van der Waals surface area contributed by atoms with Crippen LogP contribution in [0.5, 0.6) is 0 Å². The Kier molecular flexibility index (Phi) is 6.64. The van der Waals surface area contributed by atoms with Crippen molar-refractivity contribution in [3.8, 4) is 0 Å². The average Bonchev–Trinajstić information content (AvgIpc) is 3.27. The van der Waals surface area contributed by atoms with Crippen LogP contribution in [0.3, 0.4) is 0 Å². The maximum Gasteiger partial charge on any atom is 0.254 e. The molecule has 4 nitrogen and oxygen atoms in total. The highest BCUT2D eigenvalue weighted by Crippen LogP contribution is 2.29. The maximum atomic E-state index is 12.9. The molecular formula is C26H31Cl2N3O. The number of hydrogen-bond acceptors (Lipinski definition) is 3. The van der Waals surface area contributed by atoms with E-state index in [0.29, 0.717) is 28.7 Å². The van der Waals surface area contributed by atoms with Crippen LogP contribution >= 0.6 is 23.2 Å². The van der Waals surface area contributed by atoms with Gasteiger partial charge in [0.1, 0.15) is 0 Å². The van der Waals surface area contributed by atoms with E-state index in [1.54, 1.807) is 18.2 Å². The number of piperazine rings is 1. The fourth-order valence-electron chi connectivity index (χ4n) is 5.54. The number of benzene rings is 2. The molecule has 2 heterocycles. The Balaban J connectivity index is 1.21. The van der Waals surface area contributed by atoms with Gasteiger partial charge in [-0.05, 0) is 67.1 Å². The third-order valence-corrected chi connectivity index (χ3v) is 8.21. The van der Waals surface area contributed by atoms with E-state index >= 15 is 0 Å². The third kappa shape index (κ3) is 4.64. The Labute approximate surface area is 201 Å². The minimum Gasteiger partial charge on any atom is -0.368 e. The minimum atomic E-state index is 0.0251. The molecular weight excluding hydrogens is 441 g/mol. The molecule has 32 heavy (non-hydrogen) atoms. The first-order valence-corrected chi connectivity index (χ1v) is 12.7. The van der Waals surface area contributed by atoms with Crippen molar-refractivity contribution in [1.29, 1.82) is 0 Å². The number of hydrogen-bond donors (Lipinski definition) is 0. The molecule has 0 N–H and O–H groups in total. The summed E-state index contributed by atoms with van der Waals surface area (Å²) in [6.07, 6.45) is 7.88. The molecule has 1 saturated carbocycles. The van der Waals surface area contributed by atoms with Gasteiger partial charge in [0, 0.05) is 56.6 Å². The summed E-state index contributed by atoms with van der Waals surface area (Å²) in [5.41, 5.74) is 4.92. The molecule has 2 aromatic rings. The van der Waals surface area contributed by atoms with Crippen molar-refractivity contribution in [2.45, 2.75) is 44.6 Å². The number of amides is 1. The van der Waals surface area contributed by atoms with E-state index < -0.39 is 0 Å².